The van der Waals surface area contributed by atoms with E-state index in [0.29, 0.717) is 6.54 Å². The normalized spacial score (nSPS) is 26.4. The van der Waals surface area contributed by atoms with E-state index in [0.717, 1.165) is 45.1 Å². The van der Waals surface area contributed by atoms with Crippen LogP contribution >= 0.6 is 0 Å². The highest BCUT2D eigenvalue weighted by Gasteiger charge is 2.38. The maximum absolute atomic E-state index is 11.8. The van der Waals surface area contributed by atoms with Gasteiger partial charge in [0.05, 0.1) is 6.61 Å². The first-order valence-electron chi connectivity index (χ1n) is 7.26. The summed E-state index contributed by atoms with van der Waals surface area (Å²) in [7, 11) is 1.70. The molecule has 0 radical (unpaired) electrons. The maximum atomic E-state index is 11.8. The zero-order valence-corrected chi connectivity index (χ0v) is 12.2. The molecule has 0 aromatic heterocycles. The van der Waals surface area contributed by atoms with Gasteiger partial charge in [0.2, 0.25) is 0 Å². The van der Waals surface area contributed by atoms with Crippen molar-refractivity contribution in [2.45, 2.75) is 51.5 Å². The van der Waals surface area contributed by atoms with Gasteiger partial charge >= 0.3 is 6.03 Å². The van der Waals surface area contributed by atoms with Crippen LogP contribution in [-0.2, 0) is 4.74 Å². The molecule has 112 valence electrons. The molecule has 2 atom stereocenters. The molecule has 1 saturated carbocycles. The summed E-state index contributed by atoms with van der Waals surface area (Å²) in [5, 5.41) is 15.3. The van der Waals surface area contributed by atoms with Crippen molar-refractivity contribution < 1.29 is 14.6 Å². The van der Waals surface area contributed by atoms with Crippen LogP contribution in [0.1, 0.15) is 45.4 Å². The maximum Gasteiger partial charge on any atom is 0.315 e. The molecule has 19 heavy (non-hydrogen) atoms. The first kappa shape index (κ1) is 16.2. The fraction of sp³-hybridized carbons (Fsp3) is 0.929. The van der Waals surface area contributed by atoms with Gasteiger partial charge in [0.25, 0.3) is 0 Å². The predicted molar refractivity (Wildman–Crippen MR) is 75.1 cm³/mol. The lowest BCUT2D eigenvalue weighted by Crippen LogP contribution is -2.48. The Labute approximate surface area is 116 Å². The molecule has 0 aromatic carbocycles. The Hall–Kier alpha value is -0.810. The lowest BCUT2D eigenvalue weighted by atomic mass is 9.86. The molecule has 0 heterocycles. The van der Waals surface area contributed by atoms with E-state index in [4.69, 9.17) is 4.74 Å². The number of aliphatic hydroxyl groups excluding tert-OH is 1. The van der Waals surface area contributed by atoms with Gasteiger partial charge in [-0.3, -0.25) is 0 Å². The van der Waals surface area contributed by atoms with Crippen molar-refractivity contribution in [3.05, 3.63) is 0 Å². The largest absolute Gasteiger partial charge is 0.396 e. The van der Waals surface area contributed by atoms with E-state index in [-0.39, 0.29) is 24.1 Å². The molecule has 0 aliphatic heterocycles. The second kappa shape index (κ2) is 8.38. The molecule has 1 aliphatic carbocycles. The molecular formula is C14H28N2O3. The molecule has 0 saturated heterocycles. The Morgan fingerprint density at radius 2 is 2.21 bits per heavy atom. The molecule has 5 nitrogen and oxygen atoms in total. The number of carbonyl (C=O) groups is 1. The average Bonchev–Trinajstić information content (AvgIpc) is 2.76. The van der Waals surface area contributed by atoms with E-state index in [9.17, 15) is 9.90 Å². The monoisotopic (exact) mass is 272 g/mol. The summed E-state index contributed by atoms with van der Waals surface area (Å²) in [4.78, 5) is 11.8. The van der Waals surface area contributed by atoms with Crippen LogP contribution in [0.15, 0.2) is 0 Å². The van der Waals surface area contributed by atoms with Crippen LogP contribution in [0.25, 0.3) is 0 Å². The highest BCUT2D eigenvalue weighted by Crippen LogP contribution is 2.37. The lowest BCUT2D eigenvalue weighted by Gasteiger charge is -2.30. The third-order valence-electron chi connectivity index (χ3n) is 4.06. The Balaban J connectivity index is 2.14. The number of rotatable bonds is 8. The third-order valence-corrected chi connectivity index (χ3v) is 4.06. The van der Waals surface area contributed by atoms with Gasteiger partial charge < -0.3 is 20.5 Å². The summed E-state index contributed by atoms with van der Waals surface area (Å²) in [6.07, 6.45) is 6.07. The quantitative estimate of drug-likeness (QED) is 0.588. The highest BCUT2D eigenvalue weighted by molar-refractivity contribution is 5.74. The second-order valence-corrected chi connectivity index (χ2v) is 5.71. The number of hydrogen-bond acceptors (Lipinski definition) is 3. The number of unbranched alkanes of at least 4 members (excludes halogenated alkanes) is 2. The van der Waals surface area contributed by atoms with E-state index >= 15 is 0 Å². The topological polar surface area (TPSA) is 70.6 Å². The van der Waals surface area contributed by atoms with Crippen molar-refractivity contribution in [3.8, 4) is 0 Å². The number of methoxy groups -OCH3 is 1. The van der Waals surface area contributed by atoms with Gasteiger partial charge in [0.1, 0.15) is 0 Å². The lowest BCUT2D eigenvalue weighted by molar-refractivity contribution is 0.121. The molecule has 0 aromatic rings. The predicted octanol–water partition coefficient (Wildman–Crippen LogP) is 1.65. The van der Waals surface area contributed by atoms with Gasteiger partial charge in [-0.05, 0) is 32.1 Å². The number of ether oxygens (including phenoxy) is 1. The Morgan fingerprint density at radius 3 is 2.89 bits per heavy atom. The number of amides is 2. The standard InChI is InChI=1S/C14H28N2O3/c1-14(11-17)8-6-7-12(14)16-13(18)15-9-4-3-5-10-19-2/h12,17H,3-11H2,1-2H3,(H2,15,16,18). The minimum Gasteiger partial charge on any atom is -0.396 e. The third kappa shape index (κ3) is 5.37. The molecular weight excluding hydrogens is 244 g/mol. The minimum absolute atomic E-state index is 0.0889. The number of hydrogen-bond donors (Lipinski definition) is 3. The van der Waals surface area contributed by atoms with Crippen LogP contribution in [-0.4, -0.2) is 44.0 Å². The van der Waals surface area contributed by atoms with E-state index in [1.54, 1.807) is 7.11 Å². The molecule has 0 spiro atoms. The van der Waals surface area contributed by atoms with Crippen molar-refractivity contribution in [1.82, 2.24) is 10.6 Å². The Morgan fingerprint density at radius 1 is 1.42 bits per heavy atom. The van der Waals surface area contributed by atoms with E-state index in [1.165, 1.54) is 0 Å². The minimum atomic E-state index is -0.157. The molecule has 5 heteroatoms. The van der Waals surface area contributed by atoms with Gasteiger partial charge in [-0.2, -0.15) is 0 Å². The zero-order valence-electron chi connectivity index (χ0n) is 12.2. The van der Waals surface area contributed by atoms with Gasteiger partial charge in [0.15, 0.2) is 0 Å². The fourth-order valence-corrected chi connectivity index (χ4v) is 2.63. The SMILES string of the molecule is COCCCCCNC(=O)NC1CCCC1(C)CO. The fourth-order valence-electron chi connectivity index (χ4n) is 2.63. The number of aliphatic hydroxyl groups is 1. The van der Waals surface area contributed by atoms with Crippen LogP contribution in [0.5, 0.6) is 0 Å². The first-order chi connectivity index (χ1) is 9.12. The molecule has 0 bridgehead atoms. The molecule has 1 fully saturated rings. The van der Waals surface area contributed by atoms with Gasteiger partial charge in [-0.1, -0.05) is 13.3 Å². The van der Waals surface area contributed by atoms with Gasteiger partial charge in [-0.25, -0.2) is 4.79 Å². The smallest absolute Gasteiger partial charge is 0.315 e. The molecule has 1 rings (SSSR count). The van der Waals surface area contributed by atoms with Crippen molar-refractivity contribution in [2.24, 2.45) is 5.41 Å². The number of nitrogens with one attached hydrogen (secondary N) is 2. The summed E-state index contributed by atoms with van der Waals surface area (Å²) in [6.45, 7) is 3.64. The average molecular weight is 272 g/mol. The van der Waals surface area contributed by atoms with Crippen LogP contribution in [0.2, 0.25) is 0 Å². The zero-order chi connectivity index (χ0) is 14.1. The Bertz CT molecular complexity index is 273. The van der Waals surface area contributed by atoms with Crippen LogP contribution in [0.3, 0.4) is 0 Å². The van der Waals surface area contributed by atoms with Crippen LogP contribution in [0.4, 0.5) is 4.79 Å². The summed E-state index contributed by atoms with van der Waals surface area (Å²) in [5.74, 6) is 0. The number of carbonyl (C=O) groups excluding carboxylic acids is 1. The summed E-state index contributed by atoms with van der Waals surface area (Å²) < 4.78 is 4.97. The Kier molecular flexibility index (Phi) is 7.16. The highest BCUT2D eigenvalue weighted by atomic mass is 16.5. The summed E-state index contributed by atoms with van der Waals surface area (Å²) >= 11 is 0. The molecule has 1 aliphatic rings. The first-order valence-corrected chi connectivity index (χ1v) is 7.26. The summed E-state index contributed by atoms with van der Waals surface area (Å²) in [5.41, 5.74) is -0.157. The van der Waals surface area contributed by atoms with Crippen LogP contribution < -0.4 is 10.6 Å². The second-order valence-electron chi connectivity index (χ2n) is 5.71. The van der Waals surface area contributed by atoms with Crippen molar-refractivity contribution in [1.29, 1.82) is 0 Å². The van der Waals surface area contributed by atoms with Crippen LogP contribution in [0, 0.1) is 5.41 Å². The molecule has 2 unspecified atom stereocenters. The molecule has 2 amide bonds. The van der Waals surface area contributed by atoms with Crippen molar-refractivity contribution in [2.75, 3.05) is 26.9 Å². The van der Waals surface area contributed by atoms with Gasteiger partial charge in [-0.15, -0.1) is 0 Å². The molecule has 3 N–H and O–H groups in total. The number of urea groups is 1. The summed E-state index contributed by atoms with van der Waals surface area (Å²) in [6, 6.07) is -0.0238. The van der Waals surface area contributed by atoms with E-state index in [1.807, 2.05) is 6.92 Å². The van der Waals surface area contributed by atoms with Gasteiger partial charge in [0, 0.05) is 31.7 Å². The van der Waals surface area contributed by atoms with Crippen molar-refractivity contribution in [3.63, 3.8) is 0 Å². The van der Waals surface area contributed by atoms with Crippen molar-refractivity contribution >= 4 is 6.03 Å². The van der Waals surface area contributed by atoms with E-state index in [2.05, 4.69) is 10.6 Å². The van der Waals surface area contributed by atoms with E-state index < -0.39 is 0 Å².